The lowest BCUT2D eigenvalue weighted by atomic mass is 10.5. The summed E-state index contributed by atoms with van der Waals surface area (Å²) in [5.74, 6) is 12.0. The van der Waals surface area contributed by atoms with Crippen molar-refractivity contribution in [3.8, 4) is 0 Å². The van der Waals surface area contributed by atoms with Crippen LogP contribution in [0.1, 0.15) is 13.8 Å². The van der Waals surface area contributed by atoms with E-state index in [1.165, 1.54) is 46.0 Å². The third-order valence-corrected chi connectivity index (χ3v) is 11.7. The minimum atomic E-state index is 0.696. The van der Waals surface area contributed by atoms with Crippen molar-refractivity contribution in [3.05, 3.63) is 0 Å². The SMILES string of the molecule is CCSCCS[C@H](CS)CSSC[C@H](CS)SCCSCC. The molecule has 0 N–H and O–H groups in total. The predicted octanol–water partition coefficient (Wildman–Crippen LogP) is 5.94. The zero-order valence-electron chi connectivity index (χ0n) is 13.6. The van der Waals surface area contributed by atoms with Gasteiger partial charge >= 0.3 is 0 Å². The fraction of sp³-hybridized carbons (Fsp3) is 1.00. The summed E-state index contributed by atoms with van der Waals surface area (Å²) in [5.41, 5.74) is 0. The maximum absolute atomic E-state index is 4.50. The second-order valence-corrected chi connectivity index (χ2v) is 13.2. The van der Waals surface area contributed by atoms with Crippen LogP contribution in [0.25, 0.3) is 0 Å². The van der Waals surface area contributed by atoms with Crippen LogP contribution in [0.3, 0.4) is 0 Å². The molecule has 8 heteroatoms. The van der Waals surface area contributed by atoms with Gasteiger partial charge < -0.3 is 0 Å². The highest BCUT2D eigenvalue weighted by molar-refractivity contribution is 8.76. The Morgan fingerprint density at radius 1 is 0.682 bits per heavy atom. The van der Waals surface area contributed by atoms with Crippen molar-refractivity contribution >= 4 is 93.9 Å². The minimum absolute atomic E-state index is 0.696. The molecule has 0 heterocycles. The molecule has 0 unspecified atom stereocenters. The van der Waals surface area contributed by atoms with E-state index in [0.29, 0.717) is 10.5 Å². The Bertz CT molecular complexity index is 195. The molecule has 0 aromatic rings. The lowest BCUT2D eigenvalue weighted by molar-refractivity contribution is 1.15. The highest BCUT2D eigenvalue weighted by Gasteiger charge is 2.10. The molecule has 0 aromatic heterocycles. The summed E-state index contributed by atoms with van der Waals surface area (Å²) in [6.45, 7) is 4.46. The Balaban J connectivity index is 3.59. The van der Waals surface area contributed by atoms with E-state index in [1.807, 2.05) is 45.1 Å². The Hall–Kier alpha value is 2.80. The quantitative estimate of drug-likeness (QED) is 0.157. The molecule has 0 aromatic carbocycles. The number of hydrogen-bond acceptors (Lipinski definition) is 8. The van der Waals surface area contributed by atoms with Crippen LogP contribution in [0.5, 0.6) is 0 Å². The number of rotatable bonds is 17. The van der Waals surface area contributed by atoms with Crippen LogP contribution < -0.4 is 0 Å². The molecule has 0 nitrogen and oxygen atoms in total. The van der Waals surface area contributed by atoms with Crippen molar-refractivity contribution in [2.45, 2.75) is 24.3 Å². The lowest BCUT2D eigenvalue weighted by Gasteiger charge is -2.15. The number of hydrogen-bond donors (Lipinski definition) is 2. The summed E-state index contributed by atoms with van der Waals surface area (Å²) < 4.78 is 0. The molecule has 0 rings (SSSR count). The third kappa shape index (κ3) is 16.3. The fourth-order valence-electron chi connectivity index (χ4n) is 1.39. The third-order valence-electron chi connectivity index (χ3n) is 2.57. The molecule has 0 spiro atoms. The number of thiol groups is 2. The zero-order chi connectivity index (χ0) is 16.5. The van der Waals surface area contributed by atoms with Crippen LogP contribution in [0.2, 0.25) is 0 Å². The maximum atomic E-state index is 4.50. The molecular weight excluding hydrogens is 425 g/mol. The van der Waals surface area contributed by atoms with Gasteiger partial charge in [0.2, 0.25) is 0 Å². The average Bonchev–Trinajstić information content (AvgIpc) is 2.55. The Kier molecular flexibility index (Phi) is 22.7. The molecule has 2 atom stereocenters. The van der Waals surface area contributed by atoms with E-state index < -0.39 is 0 Å². The summed E-state index contributed by atoms with van der Waals surface area (Å²) >= 11 is 17.3. The topological polar surface area (TPSA) is 0 Å². The zero-order valence-corrected chi connectivity index (χ0v) is 20.3. The maximum Gasteiger partial charge on any atom is 0.0234 e. The first-order valence-electron chi connectivity index (χ1n) is 7.63. The second-order valence-electron chi connectivity index (χ2n) is 4.31. The van der Waals surface area contributed by atoms with Crippen LogP contribution in [-0.4, -0.2) is 68.0 Å². The van der Waals surface area contributed by atoms with Gasteiger partial charge in [-0.25, -0.2) is 0 Å². The summed E-state index contributed by atoms with van der Waals surface area (Å²) in [6, 6.07) is 0. The van der Waals surface area contributed by atoms with Crippen LogP contribution in [-0.2, 0) is 0 Å². The molecule has 0 aliphatic carbocycles. The molecule has 0 aliphatic rings. The van der Waals surface area contributed by atoms with E-state index in [2.05, 4.69) is 62.6 Å². The highest BCUT2D eigenvalue weighted by Crippen LogP contribution is 2.30. The Morgan fingerprint density at radius 2 is 1.09 bits per heavy atom. The summed E-state index contributed by atoms with van der Waals surface area (Å²) in [4.78, 5) is 0. The highest BCUT2D eigenvalue weighted by atomic mass is 33.1. The number of thioether (sulfide) groups is 4. The van der Waals surface area contributed by atoms with Crippen LogP contribution in [0.15, 0.2) is 0 Å². The van der Waals surface area contributed by atoms with Crippen molar-refractivity contribution < 1.29 is 0 Å². The first-order chi connectivity index (χ1) is 10.8. The molecule has 22 heavy (non-hydrogen) atoms. The first kappa shape index (κ1) is 24.8. The van der Waals surface area contributed by atoms with E-state index in [-0.39, 0.29) is 0 Å². The summed E-state index contributed by atoms with van der Waals surface area (Å²) in [5, 5.41) is 1.39. The first-order valence-corrected chi connectivity index (χ1v) is 15.8. The van der Waals surface area contributed by atoms with Gasteiger partial charge in [0, 0.05) is 56.5 Å². The predicted molar refractivity (Wildman–Crippen MR) is 131 cm³/mol. The van der Waals surface area contributed by atoms with Gasteiger partial charge in [0.25, 0.3) is 0 Å². The second kappa shape index (κ2) is 20.1. The van der Waals surface area contributed by atoms with Gasteiger partial charge in [0.15, 0.2) is 0 Å². The minimum Gasteiger partial charge on any atom is -0.178 e. The lowest BCUT2D eigenvalue weighted by Crippen LogP contribution is -2.11. The normalized spacial score (nSPS) is 14.2. The van der Waals surface area contributed by atoms with Gasteiger partial charge in [-0.05, 0) is 11.5 Å². The average molecular weight is 455 g/mol. The van der Waals surface area contributed by atoms with E-state index in [9.17, 15) is 0 Å². The molecule has 0 fully saturated rings. The van der Waals surface area contributed by atoms with Crippen molar-refractivity contribution in [1.82, 2.24) is 0 Å². The van der Waals surface area contributed by atoms with Gasteiger partial charge in [-0.15, -0.1) is 0 Å². The summed E-state index contributed by atoms with van der Waals surface area (Å²) in [7, 11) is 4.05. The molecule has 0 radical (unpaired) electrons. The van der Waals surface area contributed by atoms with Crippen LogP contribution in [0, 0.1) is 0 Å². The van der Waals surface area contributed by atoms with Gasteiger partial charge in [0.05, 0.1) is 0 Å². The molecule has 0 amide bonds. The van der Waals surface area contributed by atoms with E-state index in [4.69, 9.17) is 0 Å². The van der Waals surface area contributed by atoms with Crippen LogP contribution >= 0.6 is 93.9 Å². The molecule has 134 valence electrons. The largest absolute Gasteiger partial charge is 0.178 e. The molecule has 0 saturated heterocycles. The van der Waals surface area contributed by atoms with Gasteiger partial charge in [0.1, 0.15) is 0 Å². The van der Waals surface area contributed by atoms with Gasteiger partial charge in [-0.3, -0.25) is 0 Å². The summed E-state index contributed by atoms with van der Waals surface area (Å²) in [6.07, 6.45) is 0. The van der Waals surface area contributed by atoms with Gasteiger partial charge in [-0.1, -0.05) is 35.4 Å². The van der Waals surface area contributed by atoms with Crippen molar-refractivity contribution in [3.63, 3.8) is 0 Å². The van der Waals surface area contributed by atoms with E-state index in [0.717, 1.165) is 11.5 Å². The Labute approximate surface area is 174 Å². The molecule has 0 bridgehead atoms. The van der Waals surface area contributed by atoms with Crippen molar-refractivity contribution in [2.75, 3.05) is 57.5 Å². The van der Waals surface area contributed by atoms with Crippen molar-refractivity contribution in [2.24, 2.45) is 0 Å². The van der Waals surface area contributed by atoms with E-state index in [1.54, 1.807) is 0 Å². The van der Waals surface area contributed by atoms with Crippen molar-refractivity contribution in [1.29, 1.82) is 0 Å². The molecule has 0 aliphatic heterocycles. The molecule has 0 saturated carbocycles. The van der Waals surface area contributed by atoms with E-state index >= 15 is 0 Å². The van der Waals surface area contributed by atoms with Crippen LogP contribution in [0.4, 0.5) is 0 Å². The monoisotopic (exact) mass is 454 g/mol. The fourth-order valence-corrected chi connectivity index (χ4v) is 9.79. The molecular formula is C14H30S8. The standard InChI is InChI=1S/C14H30S8/c1-3-17-5-7-19-13(9-15)11-21-22-12-14(10-16)20-8-6-18-4-2/h13-16H,3-12H2,1-2H3/t13-,14+. The van der Waals surface area contributed by atoms with Gasteiger partial charge in [-0.2, -0.15) is 72.3 Å². The smallest absolute Gasteiger partial charge is 0.0234 e. The Morgan fingerprint density at radius 3 is 1.41 bits per heavy atom.